The molecule has 0 aliphatic carbocycles. The molecule has 0 bridgehead atoms. The maximum Gasteiger partial charge on any atom is 0.416 e. The van der Waals surface area contributed by atoms with E-state index >= 15 is 0 Å². The fourth-order valence-electron chi connectivity index (χ4n) is 2.90. The summed E-state index contributed by atoms with van der Waals surface area (Å²) >= 11 is 0. The molecular weight excluding hydrogens is 385 g/mol. The molecule has 152 valence electrons. The lowest BCUT2D eigenvalue weighted by Crippen LogP contribution is -2.19. The molecule has 3 aromatic rings. The molecule has 29 heavy (non-hydrogen) atoms. The molecule has 1 aromatic heterocycles. The second-order valence-electron chi connectivity index (χ2n) is 6.70. The number of aryl methyl sites for hydroxylation is 1. The highest BCUT2D eigenvalue weighted by atomic mass is 19.4. The van der Waals surface area contributed by atoms with Crippen molar-refractivity contribution in [1.82, 2.24) is 9.97 Å². The van der Waals surface area contributed by atoms with Gasteiger partial charge in [-0.3, -0.25) is 9.59 Å². The minimum atomic E-state index is -4.52. The summed E-state index contributed by atoms with van der Waals surface area (Å²) in [5.41, 5.74) is -0.129. The lowest BCUT2D eigenvalue weighted by molar-refractivity contribution is -0.137. The second-order valence-corrected chi connectivity index (χ2v) is 6.70. The van der Waals surface area contributed by atoms with Crippen LogP contribution in [0, 0.1) is 0 Å². The number of nitrogens with one attached hydrogen (secondary N) is 2. The van der Waals surface area contributed by atoms with Gasteiger partial charge in [-0.25, -0.2) is 4.98 Å². The van der Waals surface area contributed by atoms with Crippen molar-refractivity contribution < 1.29 is 18.0 Å². The minimum Gasteiger partial charge on any atom is -0.376 e. The van der Waals surface area contributed by atoms with E-state index in [2.05, 4.69) is 15.3 Å². The molecule has 0 spiro atoms. The molecule has 0 unspecified atom stereocenters. The van der Waals surface area contributed by atoms with Crippen LogP contribution in [0.4, 0.5) is 24.5 Å². The molecule has 0 saturated carbocycles. The first-order valence-electron chi connectivity index (χ1n) is 8.81. The quantitative estimate of drug-likeness (QED) is 0.682. The van der Waals surface area contributed by atoms with Crippen LogP contribution in [0.3, 0.4) is 0 Å². The van der Waals surface area contributed by atoms with E-state index < -0.39 is 17.6 Å². The predicted molar refractivity (Wildman–Crippen MR) is 105 cm³/mol. The van der Waals surface area contributed by atoms with E-state index in [0.29, 0.717) is 22.4 Å². The Kier molecular flexibility index (Phi) is 5.58. The Morgan fingerprint density at radius 3 is 2.59 bits per heavy atom. The molecule has 9 heteroatoms. The average molecular weight is 404 g/mol. The van der Waals surface area contributed by atoms with Gasteiger partial charge in [0.05, 0.1) is 27.8 Å². The summed E-state index contributed by atoms with van der Waals surface area (Å²) in [4.78, 5) is 33.0. The van der Waals surface area contributed by atoms with Crippen LogP contribution >= 0.6 is 0 Å². The lowest BCUT2D eigenvalue weighted by atomic mass is 10.1. The van der Waals surface area contributed by atoms with Crippen LogP contribution in [0.2, 0.25) is 0 Å². The normalized spacial score (nSPS) is 11.5. The van der Waals surface area contributed by atoms with Crippen molar-refractivity contribution in [1.29, 1.82) is 0 Å². The van der Waals surface area contributed by atoms with E-state index in [9.17, 15) is 22.8 Å². The van der Waals surface area contributed by atoms with Gasteiger partial charge in [0.1, 0.15) is 5.82 Å². The zero-order chi connectivity index (χ0) is 21.2. The molecule has 0 aliphatic rings. The molecule has 2 aromatic carbocycles. The highest BCUT2D eigenvalue weighted by Gasteiger charge is 2.31. The number of halogens is 3. The Bertz CT molecular complexity index is 1110. The van der Waals surface area contributed by atoms with Gasteiger partial charge in [-0.2, -0.15) is 13.2 Å². The zero-order valence-corrected chi connectivity index (χ0v) is 15.8. The van der Waals surface area contributed by atoms with Gasteiger partial charge in [-0.1, -0.05) is 12.1 Å². The summed E-state index contributed by atoms with van der Waals surface area (Å²) in [5.74, 6) is -0.149. The van der Waals surface area contributed by atoms with Gasteiger partial charge in [-0.15, -0.1) is 0 Å². The first-order valence-corrected chi connectivity index (χ1v) is 8.81. The van der Waals surface area contributed by atoms with Crippen LogP contribution < -0.4 is 15.8 Å². The number of amides is 1. The highest BCUT2D eigenvalue weighted by Crippen LogP contribution is 2.35. The summed E-state index contributed by atoms with van der Waals surface area (Å²) in [5, 5.41) is 2.97. The molecule has 3 rings (SSSR count). The number of nitrogens with zero attached hydrogens (tertiary/aromatic N) is 2. The summed E-state index contributed by atoms with van der Waals surface area (Å²) in [6, 6.07) is 10.00. The van der Waals surface area contributed by atoms with Crippen molar-refractivity contribution in [3.63, 3.8) is 0 Å². The average Bonchev–Trinajstić information content (AvgIpc) is 2.65. The molecule has 2 N–H and O–H groups in total. The van der Waals surface area contributed by atoms with E-state index in [1.54, 1.807) is 43.3 Å². The maximum absolute atomic E-state index is 13.0. The van der Waals surface area contributed by atoms with Crippen molar-refractivity contribution in [2.45, 2.75) is 19.0 Å². The number of fused-ring (bicyclic) bond motifs is 1. The summed E-state index contributed by atoms with van der Waals surface area (Å²) < 4.78 is 39.0. The van der Waals surface area contributed by atoms with E-state index in [-0.39, 0.29) is 24.1 Å². The van der Waals surface area contributed by atoms with Gasteiger partial charge < -0.3 is 15.2 Å². The molecular formula is C20H19F3N4O2. The standard InChI is InChI=1S/C20H19F3N4O2/c1-27(2)16-8-7-12(20(21,22)23)11-15(16)25-18(28)10-9-17-24-14-6-4-3-5-13(14)19(29)26-17/h3-8,11H,9-10H2,1-2H3,(H,25,28)(H,24,26,29). The monoisotopic (exact) mass is 404 g/mol. The second kappa shape index (κ2) is 7.94. The zero-order valence-electron chi connectivity index (χ0n) is 15.8. The number of rotatable bonds is 5. The summed E-state index contributed by atoms with van der Waals surface area (Å²) in [6.07, 6.45) is -4.43. The fourth-order valence-corrected chi connectivity index (χ4v) is 2.90. The van der Waals surface area contributed by atoms with Gasteiger partial charge in [0.25, 0.3) is 5.56 Å². The molecule has 0 fully saturated rings. The van der Waals surface area contributed by atoms with Crippen LogP contribution in [0.1, 0.15) is 17.8 Å². The summed E-state index contributed by atoms with van der Waals surface area (Å²) in [6.45, 7) is 0. The minimum absolute atomic E-state index is 0.0512. The number of hydrogen-bond donors (Lipinski definition) is 2. The molecule has 6 nitrogen and oxygen atoms in total. The Morgan fingerprint density at radius 2 is 1.90 bits per heavy atom. The van der Waals surface area contributed by atoms with Crippen molar-refractivity contribution >= 4 is 28.2 Å². The number of para-hydroxylation sites is 1. The van der Waals surface area contributed by atoms with Crippen LogP contribution in [0.25, 0.3) is 10.9 Å². The Balaban J connectivity index is 1.76. The van der Waals surface area contributed by atoms with Crippen molar-refractivity contribution in [3.8, 4) is 0 Å². The molecule has 0 atom stereocenters. The molecule has 0 radical (unpaired) electrons. The van der Waals surface area contributed by atoms with Crippen molar-refractivity contribution in [3.05, 3.63) is 64.2 Å². The van der Waals surface area contributed by atoms with Gasteiger partial charge in [0, 0.05) is 26.9 Å². The number of aromatic amines is 1. The third-order valence-corrected chi connectivity index (χ3v) is 4.33. The molecule has 0 saturated heterocycles. The summed E-state index contributed by atoms with van der Waals surface area (Å²) in [7, 11) is 3.34. The van der Waals surface area contributed by atoms with Crippen molar-refractivity contribution in [2.75, 3.05) is 24.3 Å². The number of carbonyl (C=O) groups is 1. The number of carbonyl (C=O) groups excluding carboxylic acids is 1. The topological polar surface area (TPSA) is 78.1 Å². The van der Waals surface area contributed by atoms with E-state index in [4.69, 9.17) is 0 Å². The SMILES string of the molecule is CN(C)c1ccc(C(F)(F)F)cc1NC(=O)CCc1nc2ccccc2c(=O)[nH]1. The maximum atomic E-state index is 13.0. The van der Waals surface area contributed by atoms with Crippen LogP contribution in [-0.2, 0) is 17.4 Å². The number of alkyl halides is 3. The lowest BCUT2D eigenvalue weighted by Gasteiger charge is -2.19. The van der Waals surface area contributed by atoms with E-state index in [0.717, 1.165) is 12.1 Å². The van der Waals surface area contributed by atoms with E-state index in [1.165, 1.54) is 6.07 Å². The van der Waals surface area contributed by atoms with Crippen LogP contribution in [-0.4, -0.2) is 30.0 Å². The van der Waals surface area contributed by atoms with Gasteiger partial charge in [0.15, 0.2) is 0 Å². The largest absolute Gasteiger partial charge is 0.416 e. The smallest absolute Gasteiger partial charge is 0.376 e. The number of hydrogen-bond acceptors (Lipinski definition) is 4. The highest BCUT2D eigenvalue weighted by molar-refractivity contribution is 5.94. The van der Waals surface area contributed by atoms with Gasteiger partial charge >= 0.3 is 6.18 Å². The Hall–Kier alpha value is -3.36. The number of aromatic nitrogens is 2. The third kappa shape index (κ3) is 4.74. The third-order valence-electron chi connectivity index (χ3n) is 4.33. The Labute approximate surface area is 164 Å². The van der Waals surface area contributed by atoms with E-state index in [1.807, 2.05) is 0 Å². The van der Waals surface area contributed by atoms with Crippen LogP contribution in [0.15, 0.2) is 47.3 Å². The first-order chi connectivity index (χ1) is 13.6. The molecule has 1 heterocycles. The molecule has 1 amide bonds. The first kappa shape index (κ1) is 20.4. The van der Waals surface area contributed by atoms with Crippen LogP contribution in [0.5, 0.6) is 0 Å². The predicted octanol–water partition coefficient (Wildman–Crippen LogP) is 3.58. The number of anilines is 2. The molecule has 0 aliphatic heterocycles. The van der Waals surface area contributed by atoms with Crippen molar-refractivity contribution in [2.24, 2.45) is 0 Å². The van der Waals surface area contributed by atoms with Gasteiger partial charge in [-0.05, 0) is 30.3 Å². The Morgan fingerprint density at radius 1 is 1.17 bits per heavy atom. The number of benzene rings is 2. The number of H-pyrrole nitrogens is 1. The van der Waals surface area contributed by atoms with Gasteiger partial charge in [0.2, 0.25) is 5.91 Å². The fraction of sp³-hybridized carbons (Fsp3) is 0.250.